The highest BCUT2D eigenvalue weighted by Crippen LogP contribution is 2.18. The standard InChI is InChI=1S/C15H13NO4S/c1-11-6-8-12(9-7-11)10-16-21(19,20)14-5-3-2-4-13(14)15(17)18/h2-10H,1H3,(H,17,18). The summed E-state index contributed by atoms with van der Waals surface area (Å²) in [7, 11) is -4.06. The number of aryl methyl sites for hydroxylation is 1. The van der Waals surface area contributed by atoms with Crippen molar-refractivity contribution < 1.29 is 18.3 Å². The maximum atomic E-state index is 12.1. The van der Waals surface area contributed by atoms with Crippen LogP contribution in [-0.2, 0) is 10.0 Å². The molecule has 21 heavy (non-hydrogen) atoms. The van der Waals surface area contributed by atoms with Crippen LogP contribution < -0.4 is 0 Å². The maximum Gasteiger partial charge on any atom is 0.337 e. The van der Waals surface area contributed by atoms with Gasteiger partial charge in [-0.25, -0.2) is 4.79 Å². The zero-order valence-electron chi connectivity index (χ0n) is 11.2. The molecule has 0 bridgehead atoms. The quantitative estimate of drug-likeness (QED) is 0.880. The van der Waals surface area contributed by atoms with Crippen molar-refractivity contribution in [1.29, 1.82) is 0 Å². The SMILES string of the molecule is Cc1ccc(C=NS(=O)(=O)c2ccccc2C(=O)O)cc1. The van der Waals surface area contributed by atoms with E-state index in [1.54, 1.807) is 12.1 Å². The summed E-state index contributed by atoms with van der Waals surface area (Å²) in [5, 5.41) is 9.03. The van der Waals surface area contributed by atoms with Crippen molar-refractivity contribution in [3.8, 4) is 0 Å². The van der Waals surface area contributed by atoms with E-state index in [2.05, 4.69) is 4.40 Å². The molecular formula is C15H13NO4S. The molecule has 0 spiro atoms. The molecule has 0 saturated heterocycles. The number of hydrogen-bond acceptors (Lipinski definition) is 3. The fourth-order valence-corrected chi connectivity index (χ4v) is 2.77. The van der Waals surface area contributed by atoms with Gasteiger partial charge in [-0.05, 0) is 24.6 Å². The molecular weight excluding hydrogens is 290 g/mol. The highest BCUT2D eigenvalue weighted by Gasteiger charge is 2.20. The molecule has 0 radical (unpaired) electrons. The molecule has 0 saturated carbocycles. The summed E-state index contributed by atoms with van der Waals surface area (Å²) in [6, 6.07) is 12.5. The van der Waals surface area contributed by atoms with Gasteiger partial charge in [0.2, 0.25) is 0 Å². The molecule has 0 unspecified atom stereocenters. The van der Waals surface area contributed by atoms with E-state index in [1.807, 2.05) is 19.1 Å². The summed E-state index contributed by atoms with van der Waals surface area (Å²) in [5.74, 6) is -1.31. The number of carboxylic acids is 1. The topological polar surface area (TPSA) is 83.8 Å². The van der Waals surface area contributed by atoms with Crippen molar-refractivity contribution in [2.75, 3.05) is 0 Å². The van der Waals surface area contributed by atoms with E-state index in [1.165, 1.54) is 30.5 Å². The van der Waals surface area contributed by atoms with Crippen LogP contribution in [0.2, 0.25) is 0 Å². The van der Waals surface area contributed by atoms with Crippen LogP contribution in [0, 0.1) is 6.92 Å². The largest absolute Gasteiger partial charge is 0.478 e. The second kappa shape index (κ2) is 5.88. The normalized spacial score (nSPS) is 11.7. The van der Waals surface area contributed by atoms with Gasteiger partial charge >= 0.3 is 5.97 Å². The molecule has 6 heteroatoms. The molecule has 0 aliphatic heterocycles. The zero-order valence-corrected chi connectivity index (χ0v) is 12.0. The van der Waals surface area contributed by atoms with Crippen molar-refractivity contribution in [2.24, 2.45) is 4.40 Å². The van der Waals surface area contributed by atoms with Gasteiger partial charge in [0.05, 0.1) is 5.56 Å². The third kappa shape index (κ3) is 3.55. The van der Waals surface area contributed by atoms with Crippen LogP contribution in [0.25, 0.3) is 0 Å². The van der Waals surface area contributed by atoms with Crippen molar-refractivity contribution in [1.82, 2.24) is 0 Å². The first-order valence-corrected chi connectivity index (χ1v) is 7.53. The zero-order chi connectivity index (χ0) is 15.5. The first-order chi connectivity index (χ1) is 9.90. The predicted molar refractivity (Wildman–Crippen MR) is 79.4 cm³/mol. The third-order valence-corrected chi connectivity index (χ3v) is 4.11. The van der Waals surface area contributed by atoms with Gasteiger partial charge in [-0.15, -0.1) is 0 Å². The number of aromatic carboxylic acids is 1. The highest BCUT2D eigenvalue weighted by atomic mass is 32.2. The average Bonchev–Trinajstić information content (AvgIpc) is 2.47. The van der Waals surface area contributed by atoms with Gasteiger partial charge in [0.25, 0.3) is 10.0 Å². The van der Waals surface area contributed by atoms with Crippen LogP contribution in [0.1, 0.15) is 21.5 Å². The van der Waals surface area contributed by atoms with Crippen LogP contribution in [-0.4, -0.2) is 25.7 Å². The van der Waals surface area contributed by atoms with E-state index in [0.29, 0.717) is 5.56 Å². The Kier molecular flexibility index (Phi) is 4.18. The number of hydrogen-bond donors (Lipinski definition) is 1. The van der Waals surface area contributed by atoms with Crippen LogP contribution in [0.4, 0.5) is 0 Å². The molecule has 2 rings (SSSR count). The Labute approximate surface area is 122 Å². The van der Waals surface area contributed by atoms with E-state index < -0.39 is 16.0 Å². The summed E-state index contributed by atoms with van der Waals surface area (Å²) in [5.41, 5.74) is 1.38. The second-order valence-electron chi connectivity index (χ2n) is 4.42. The lowest BCUT2D eigenvalue weighted by Gasteiger charge is -2.03. The number of carboxylic acid groups (broad SMARTS) is 1. The molecule has 5 nitrogen and oxygen atoms in total. The highest BCUT2D eigenvalue weighted by molar-refractivity contribution is 7.90. The van der Waals surface area contributed by atoms with Crippen LogP contribution in [0.15, 0.2) is 57.8 Å². The first kappa shape index (κ1) is 14.9. The van der Waals surface area contributed by atoms with Gasteiger partial charge in [-0.1, -0.05) is 42.0 Å². The van der Waals surface area contributed by atoms with Crippen molar-refractivity contribution in [3.05, 3.63) is 65.2 Å². The number of benzene rings is 2. The molecule has 1 N–H and O–H groups in total. The predicted octanol–water partition coefficient (Wildman–Crippen LogP) is 2.50. The molecule has 0 heterocycles. The Morgan fingerprint density at radius 3 is 2.33 bits per heavy atom. The van der Waals surface area contributed by atoms with E-state index in [0.717, 1.165) is 5.56 Å². The van der Waals surface area contributed by atoms with E-state index in [4.69, 9.17) is 5.11 Å². The lowest BCUT2D eigenvalue weighted by Crippen LogP contribution is -2.07. The molecule has 0 aliphatic rings. The Morgan fingerprint density at radius 2 is 1.71 bits per heavy atom. The van der Waals surface area contributed by atoms with Crippen molar-refractivity contribution in [3.63, 3.8) is 0 Å². The maximum absolute atomic E-state index is 12.1. The lowest BCUT2D eigenvalue weighted by molar-refractivity contribution is 0.0692. The smallest absolute Gasteiger partial charge is 0.337 e. The van der Waals surface area contributed by atoms with Gasteiger partial charge in [0, 0.05) is 6.21 Å². The Morgan fingerprint density at radius 1 is 1.10 bits per heavy atom. The van der Waals surface area contributed by atoms with Gasteiger partial charge in [-0.3, -0.25) is 0 Å². The summed E-state index contributed by atoms with van der Waals surface area (Å²) in [6.07, 6.45) is 1.20. The van der Waals surface area contributed by atoms with Gasteiger partial charge in [0.1, 0.15) is 4.90 Å². The van der Waals surface area contributed by atoms with E-state index >= 15 is 0 Å². The first-order valence-electron chi connectivity index (χ1n) is 6.09. The number of nitrogens with zero attached hydrogens (tertiary/aromatic N) is 1. The molecule has 108 valence electrons. The Balaban J connectivity index is 2.39. The van der Waals surface area contributed by atoms with Crippen molar-refractivity contribution in [2.45, 2.75) is 11.8 Å². The lowest BCUT2D eigenvalue weighted by atomic mass is 10.2. The third-order valence-electron chi connectivity index (χ3n) is 2.81. The Bertz CT molecular complexity index is 793. The van der Waals surface area contributed by atoms with Crippen LogP contribution in [0.5, 0.6) is 0 Å². The van der Waals surface area contributed by atoms with Crippen LogP contribution in [0.3, 0.4) is 0 Å². The average molecular weight is 303 g/mol. The van der Waals surface area contributed by atoms with Crippen molar-refractivity contribution >= 4 is 22.2 Å². The number of sulfonamides is 1. The Hall–Kier alpha value is -2.47. The molecule has 0 aromatic heterocycles. The fraction of sp³-hybridized carbons (Fsp3) is 0.0667. The number of carbonyl (C=O) groups is 1. The van der Waals surface area contributed by atoms with Gasteiger partial charge in [0.15, 0.2) is 0 Å². The second-order valence-corrected chi connectivity index (χ2v) is 6.02. The minimum absolute atomic E-state index is 0.293. The van der Waals surface area contributed by atoms with Gasteiger partial charge < -0.3 is 5.11 Å². The summed E-state index contributed by atoms with van der Waals surface area (Å²) >= 11 is 0. The summed E-state index contributed by atoms with van der Waals surface area (Å²) < 4.78 is 27.8. The van der Waals surface area contributed by atoms with E-state index in [-0.39, 0.29) is 10.5 Å². The summed E-state index contributed by atoms with van der Waals surface area (Å²) in [4.78, 5) is 10.7. The van der Waals surface area contributed by atoms with Gasteiger partial charge in [-0.2, -0.15) is 12.8 Å². The minimum atomic E-state index is -4.06. The van der Waals surface area contributed by atoms with Crippen LogP contribution >= 0.6 is 0 Å². The molecule has 0 amide bonds. The molecule has 0 fully saturated rings. The summed E-state index contributed by atoms with van der Waals surface area (Å²) in [6.45, 7) is 1.92. The molecule has 2 aromatic carbocycles. The molecule has 2 aromatic rings. The number of rotatable bonds is 4. The van der Waals surface area contributed by atoms with E-state index in [9.17, 15) is 13.2 Å². The monoisotopic (exact) mass is 303 g/mol. The minimum Gasteiger partial charge on any atom is -0.478 e. The molecule has 0 atom stereocenters. The fourth-order valence-electron chi connectivity index (χ4n) is 1.71. The molecule has 0 aliphatic carbocycles.